The summed E-state index contributed by atoms with van der Waals surface area (Å²) in [6, 6.07) is 2.53. The van der Waals surface area contributed by atoms with Crippen molar-refractivity contribution in [2.24, 2.45) is 0 Å². The van der Waals surface area contributed by atoms with Crippen molar-refractivity contribution in [3.63, 3.8) is 0 Å². The Morgan fingerprint density at radius 1 is 1.56 bits per heavy atom. The zero-order valence-electron chi connectivity index (χ0n) is 10.1. The van der Waals surface area contributed by atoms with Crippen LogP contribution in [0.4, 0.5) is 0 Å². The van der Waals surface area contributed by atoms with Gasteiger partial charge in [-0.1, -0.05) is 6.42 Å². The van der Waals surface area contributed by atoms with Crippen LogP contribution in [0.1, 0.15) is 43.0 Å². The fraction of sp³-hybridized carbons (Fsp3) is 0.692. The van der Waals surface area contributed by atoms with Crippen LogP contribution in [0.25, 0.3) is 0 Å². The molecule has 2 rings (SSSR count). The summed E-state index contributed by atoms with van der Waals surface area (Å²) in [6.07, 6.45) is 4.58. The molecule has 1 fully saturated rings. The highest BCUT2D eigenvalue weighted by atomic mass is 32.1. The van der Waals surface area contributed by atoms with E-state index in [1.54, 1.807) is 11.3 Å². The standard InChI is InChI=1S/C13H21NOS/c1-10-12(6-8-16-10)13(2,15)9-11-5-3-4-7-14-11/h6,8,11,14-15H,3-5,7,9H2,1-2H3. The molecule has 0 saturated carbocycles. The molecule has 1 aliphatic rings. The molecule has 1 aromatic rings. The van der Waals surface area contributed by atoms with E-state index in [-0.39, 0.29) is 0 Å². The second kappa shape index (κ2) is 4.86. The molecule has 0 spiro atoms. The van der Waals surface area contributed by atoms with Crippen LogP contribution in [0.15, 0.2) is 11.4 Å². The van der Waals surface area contributed by atoms with E-state index in [1.807, 2.05) is 6.92 Å². The number of thiophene rings is 1. The maximum Gasteiger partial charge on any atom is 0.0893 e. The van der Waals surface area contributed by atoms with Gasteiger partial charge < -0.3 is 10.4 Å². The van der Waals surface area contributed by atoms with E-state index in [0.29, 0.717) is 6.04 Å². The molecule has 90 valence electrons. The first-order valence-electron chi connectivity index (χ1n) is 6.10. The monoisotopic (exact) mass is 239 g/mol. The van der Waals surface area contributed by atoms with Crippen molar-refractivity contribution < 1.29 is 5.11 Å². The Bertz CT molecular complexity index is 339. The SMILES string of the molecule is Cc1sccc1C(C)(O)CC1CCCCN1. The molecular formula is C13H21NOS. The molecule has 1 aromatic heterocycles. The van der Waals surface area contributed by atoms with Gasteiger partial charge in [-0.05, 0) is 56.7 Å². The van der Waals surface area contributed by atoms with E-state index in [4.69, 9.17) is 0 Å². The van der Waals surface area contributed by atoms with Crippen molar-refractivity contribution in [1.82, 2.24) is 5.32 Å². The first kappa shape index (κ1) is 12.1. The first-order valence-corrected chi connectivity index (χ1v) is 6.98. The third-order valence-corrected chi connectivity index (χ3v) is 4.34. The van der Waals surface area contributed by atoms with Gasteiger partial charge in [0.05, 0.1) is 5.60 Å². The Labute approximate surface area is 102 Å². The summed E-state index contributed by atoms with van der Waals surface area (Å²) >= 11 is 1.71. The third kappa shape index (κ3) is 2.65. The van der Waals surface area contributed by atoms with Gasteiger partial charge in [0.25, 0.3) is 0 Å². The van der Waals surface area contributed by atoms with Gasteiger partial charge in [-0.15, -0.1) is 11.3 Å². The van der Waals surface area contributed by atoms with E-state index in [1.165, 1.54) is 24.1 Å². The van der Waals surface area contributed by atoms with Gasteiger partial charge in [0, 0.05) is 10.9 Å². The predicted molar refractivity (Wildman–Crippen MR) is 68.9 cm³/mol. The quantitative estimate of drug-likeness (QED) is 0.850. The number of rotatable bonds is 3. The topological polar surface area (TPSA) is 32.3 Å². The Morgan fingerprint density at radius 3 is 2.94 bits per heavy atom. The molecule has 1 aliphatic heterocycles. The van der Waals surface area contributed by atoms with Gasteiger partial charge in [-0.25, -0.2) is 0 Å². The largest absolute Gasteiger partial charge is 0.385 e. The molecule has 16 heavy (non-hydrogen) atoms. The van der Waals surface area contributed by atoms with Gasteiger partial charge in [-0.3, -0.25) is 0 Å². The summed E-state index contributed by atoms with van der Waals surface area (Å²) in [6.45, 7) is 5.13. The van der Waals surface area contributed by atoms with Gasteiger partial charge in [0.2, 0.25) is 0 Å². The second-order valence-electron chi connectivity index (χ2n) is 5.02. The Hall–Kier alpha value is -0.380. The van der Waals surface area contributed by atoms with Crippen molar-refractivity contribution in [2.45, 2.75) is 51.2 Å². The zero-order chi connectivity index (χ0) is 11.6. The summed E-state index contributed by atoms with van der Waals surface area (Å²) < 4.78 is 0. The minimum atomic E-state index is -0.681. The molecule has 2 unspecified atom stereocenters. The Balaban J connectivity index is 2.04. The number of aryl methyl sites for hydroxylation is 1. The lowest BCUT2D eigenvalue weighted by Gasteiger charge is -2.31. The lowest BCUT2D eigenvalue weighted by atomic mass is 9.87. The minimum absolute atomic E-state index is 0.475. The van der Waals surface area contributed by atoms with Crippen LogP contribution >= 0.6 is 11.3 Å². The fourth-order valence-electron chi connectivity index (χ4n) is 2.63. The molecule has 0 amide bonds. The van der Waals surface area contributed by atoms with E-state index >= 15 is 0 Å². The third-order valence-electron chi connectivity index (χ3n) is 3.50. The van der Waals surface area contributed by atoms with E-state index in [0.717, 1.165) is 18.5 Å². The van der Waals surface area contributed by atoms with Crippen molar-refractivity contribution in [2.75, 3.05) is 6.54 Å². The number of nitrogens with one attached hydrogen (secondary N) is 1. The lowest BCUT2D eigenvalue weighted by Crippen LogP contribution is -2.39. The maximum absolute atomic E-state index is 10.6. The van der Waals surface area contributed by atoms with Crippen molar-refractivity contribution >= 4 is 11.3 Å². The highest BCUT2D eigenvalue weighted by molar-refractivity contribution is 7.10. The first-order chi connectivity index (χ1) is 7.59. The van der Waals surface area contributed by atoms with Crippen LogP contribution < -0.4 is 5.32 Å². The van der Waals surface area contributed by atoms with Crippen molar-refractivity contribution in [3.8, 4) is 0 Å². The van der Waals surface area contributed by atoms with Gasteiger partial charge in [0.1, 0.15) is 0 Å². The maximum atomic E-state index is 10.6. The molecule has 2 heterocycles. The molecule has 0 radical (unpaired) electrons. The highest BCUT2D eigenvalue weighted by Gasteiger charge is 2.29. The average molecular weight is 239 g/mol. The Morgan fingerprint density at radius 2 is 2.38 bits per heavy atom. The summed E-state index contributed by atoms with van der Waals surface area (Å²) in [5.74, 6) is 0. The van der Waals surface area contributed by atoms with Crippen LogP contribution in [0.5, 0.6) is 0 Å². The normalized spacial score (nSPS) is 25.3. The van der Waals surface area contributed by atoms with Crippen LogP contribution in [0, 0.1) is 6.92 Å². The molecule has 2 atom stereocenters. The van der Waals surface area contributed by atoms with Crippen molar-refractivity contribution in [1.29, 1.82) is 0 Å². The number of aliphatic hydroxyl groups is 1. The van der Waals surface area contributed by atoms with Gasteiger partial charge in [0.15, 0.2) is 0 Å². The number of piperidine rings is 1. The van der Waals surface area contributed by atoms with Crippen LogP contribution in [0.3, 0.4) is 0 Å². The second-order valence-corrected chi connectivity index (χ2v) is 6.14. The van der Waals surface area contributed by atoms with Crippen LogP contribution in [-0.4, -0.2) is 17.7 Å². The van der Waals surface area contributed by atoms with Crippen LogP contribution in [-0.2, 0) is 5.60 Å². The minimum Gasteiger partial charge on any atom is -0.385 e. The summed E-state index contributed by atoms with van der Waals surface area (Å²) in [7, 11) is 0. The van der Waals surface area contributed by atoms with E-state index in [2.05, 4.69) is 23.7 Å². The molecule has 0 aromatic carbocycles. The van der Waals surface area contributed by atoms with E-state index in [9.17, 15) is 5.11 Å². The molecule has 0 aliphatic carbocycles. The smallest absolute Gasteiger partial charge is 0.0893 e. The van der Waals surface area contributed by atoms with Gasteiger partial charge in [-0.2, -0.15) is 0 Å². The average Bonchev–Trinajstić information content (AvgIpc) is 2.66. The molecule has 3 heteroatoms. The lowest BCUT2D eigenvalue weighted by molar-refractivity contribution is 0.0331. The Kier molecular flexibility index (Phi) is 3.67. The summed E-state index contributed by atoms with van der Waals surface area (Å²) in [4.78, 5) is 1.24. The van der Waals surface area contributed by atoms with Crippen molar-refractivity contribution in [3.05, 3.63) is 21.9 Å². The zero-order valence-corrected chi connectivity index (χ0v) is 10.9. The summed E-state index contributed by atoms with van der Waals surface area (Å²) in [5.41, 5.74) is 0.420. The predicted octanol–water partition coefficient (Wildman–Crippen LogP) is 2.80. The number of hydrogen-bond acceptors (Lipinski definition) is 3. The van der Waals surface area contributed by atoms with E-state index < -0.39 is 5.60 Å². The molecule has 1 saturated heterocycles. The fourth-order valence-corrected chi connectivity index (χ4v) is 3.45. The van der Waals surface area contributed by atoms with Gasteiger partial charge >= 0.3 is 0 Å². The number of hydrogen-bond donors (Lipinski definition) is 2. The molecule has 0 bridgehead atoms. The summed E-state index contributed by atoms with van der Waals surface area (Å²) in [5, 5.41) is 16.1. The van der Waals surface area contributed by atoms with Crippen LogP contribution in [0.2, 0.25) is 0 Å². The highest BCUT2D eigenvalue weighted by Crippen LogP contribution is 2.32. The molecular weight excluding hydrogens is 218 g/mol. The molecule has 2 N–H and O–H groups in total. The molecule has 2 nitrogen and oxygen atoms in total.